The molecular weight excluding hydrogens is 392 g/mol. The van der Waals surface area contributed by atoms with Gasteiger partial charge >= 0.3 is 0 Å². The van der Waals surface area contributed by atoms with Crippen molar-refractivity contribution in [3.8, 4) is 11.5 Å². The van der Waals surface area contributed by atoms with Gasteiger partial charge in [0.25, 0.3) is 0 Å². The highest BCUT2D eigenvalue weighted by Gasteiger charge is 2.42. The third-order valence-corrected chi connectivity index (χ3v) is 6.17. The lowest BCUT2D eigenvalue weighted by molar-refractivity contribution is -0.0212. The van der Waals surface area contributed by atoms with E-state index >= 15 is 0 Å². The number of para-hydroxylation sites is 1. The van der Waals surface area contributed by atoms with E-state index in [0.717, 1.165) is 34.8 Å². The van der Waals surface area contributed by atoms with Crippen LogP contribution in [0.15, 0.2) is 65.1 Å². The van der Waals surface area contributed by atoms with Gasteiger partial charge in [0.1, 0.15) is 0 Å². The molecule has 2 aliphatic rings. The monoisotopic (exact) mass is 410 g/mol. The summed E-state index contributed by atoms with van der Waals surface area (Å²) in [7, 11) is 0. The molecule has 0 unspecified atom stereocenters. The second-order valence-electron chi connectivity index (χ2n) is 6.76. The van der Waals surface area contributed by atoms with Crippen molar-refractivity contribution in [3.63, 3.8) is 0 Å². The summed E-state index contributed by atoms with van der Waals surface area (Å²) in [5, 5.41) is 9.80. The highest BCUT2D eigenvalue weighted by atomic mass is 35.5. The van der Waals surface area contributed by atoms with Crippen LogP contribution in [0, 0.1) is 0 Å². The fraction of sp³-hybridized carbons (Fsp3) is 0.227. The van der Waals surface area contributed by atoms with Crippen molar-refractivity contribution in [1.29, 1.82) is 0 Å². The molecule has 0 saturated heterocycles. The van der Waals surface area contributed by atoms with E-state index in [1.165, 1.54) is 4.88 Å². The number of hydrogen-bond donors (Lipinski definition) is 0. The van der Waals surface area contributed by atoms with Crippen LogP contribution in [0.1, 0.15) is 41.6 Å². The molecule has 2 aromatic carbocycles. The quantitative estimate of drug-likeness (QED) is 0.525. The molecule has 2 atom stereocenters. The van der Waals surface area contributed by atoms with Crippen molar-refractivity contribution in [3.05, 3.63) is 81.0 Å². The molecule has 0 saturated carbocycles. The van der Waals surface area contributed by atoms with Crippen molar-refractivity contribution in [2.45, 2.75) is 25.6 Å². The largest absolute Gasteiger partial charge is 0.490 e. The van der Waals surface area contributed by atoms with Gasteiger partial charge in [0.15, 0.2) is 11.5 Å². The van der Waals surface area contributed by atoms with E-state index in [1.54, 1.807) is 11.3 Å². The number of ether oxygens (including phenoxy) is 2. The lowest BCUT2D eigenvalue weighted by Crippen LogP contribution is -2.33. The number of thiophene rings is 1. The molecule has 0 aliphatic carbocycles. The average molecular weight is 411 g/mol. The first-order valence-corrected chi connectivity index (χ1v) is 10.6. The van der Waals surface area contributed by atoms with Gasteiger partial charge in [0.2, 0.25) is 6.23 Å². The number of hydrogen-bond acceptors (Lipinski definition) is 5. The Labute approximate surface area is 173 Å². The van der Waals surface area contributed by atoms with Crippen LogP contribution < -0.4 is 9.47 Å². The smallest absolute Gasteiger partial charge is 0.214 e. The zero-order valence-corrected chi connectivity index (χ0v) is 16.9. The van der Waals surface area contributed by atoms with E-state index in [9.17, 15) is 0 Å². The summed E-state index contributed by atoms with van der Waals surface area (Å²) in [4.78, 5) is 1.20. The van der Waals surface area contributed by atoms with Crippen molar-refractivity contribution < 1.29 is 9.47 Å². The fourth-order valence-electron chi connectivity index (χ4n) is 3.82. The Bertz CT molecular complexity index is 1030. The lowest BCUT2D eigenvalue weighted by Gasteiger charge is -2.38. The molecule has 6 heteroatoms. The van der Waals surface area contributed by atoms with Gasteiger partial charge in [-0.25, -0.2) is 5.01 Å². The van der Waals surface area contributed by atoms with Crippen molar-refractivity contribution in [1.82, 2.24) is 5.01 Å². The Morgan fingerprint density at radius 1 is 1.21 bits per heavy atom. The summed E-state index contributed by atoms with van der Waals surface area (Å²) in [5.74, 6) is 1.58. The molecule has 3 aromatic rings. The summed E-state index contributed by atoms with van der Waals surface area (Å²) in [6, 6.07) is 18.2. The third-order valence-electron chi connectivity index (χ3n) is 5.02. The summed E-state index contributed by atoms with van der Waals surface area (Å²) >= 11 is 7.98. The van der Waals surface area contributed by atoms with Gasteiger partial charge in [0, 0.05) is 22.6 Å². The lowest BCUT2D eigenvalue weighted by atomic mass is 9.97. The first-order chi connectivity index (χ1) is 13.7. The minimum absolute atomic E-state index is 0.102. The number of nitrogens with zero attached hydrogens (tertiary/aromatic N) is 2. The molecule has 0 spiro atoms. The van der Waals surface area contributed by atoms with Gasteiger partial charge in [0.05, 0.1) is 23.2 Å². The van der Waals surface area contributed by atoms with Crippen LogP contribution in [-0.4, -0.2) is 17.3 Å². The van der Waals surface area contributed by atoms with Crippen LogP contribution in [-0.2, 0) is 0 Å². The standard InChI is InChI=1S/C22H19ClN2O2S/c1-2-26-19-9-4-8-16-18-13-17(20-10-5-11-28-20)24-25(18)22(27-21(16)19)14-6-3-7-15(23)12-14/h3-12,18,22H,2,13H2,1H3/t18-,22+/m1/s1. The van der Waals surface area contributed by atoms with E-state index in [4.69, 9.17) is 26.2 Å². The van der Waals surface area contributed by atoms with Crippen LogP contribution >= 0.6 is 22.9 Å². The normalized spacial score (nSPS) is 20.2. The van der Waals surface area contributed by atoms with Gasteiger partial charge < -0.3 is 9.47 Å². The van der Waals surface area contributed by atoms with Crippen LogP contribution in [0.3, 0.4) is 0 Å². The molecule has 0 radical (unpaired) electrons. The predicted octanol–water partition coefficient (Wildman–Crippen LogP) is 6.04. The molecule has 2 aliphatic heterocycles. The molecule has 0 N–H and O–H groups in total. The molecule has 4 nitrogen and oxygen atoms in total. The second kappa shape index (κ2) is 7.15. The molecule has 28 heavy (non-hydrogen) atoms. The summed E-state index contributed by atoms with van der Waals surface area (Å²) < 4.78 is 12.3. The van der Waals surface area contributed by atoms with Crippen LogP contribution in [0.25, 0.3) is 0 Å². The summed E-state index contributed by atoms with van der Waals surface area (Å²) in [5.41, 5.74) is 3.18. The minimum Gasteiger partial charge on any atom is -0.490 e. The number of fused-ring (bicyclic) bond motifs is 3. The van der Waals surface area contributed by atoms with E-state index < -0.39 is 0 Å². The Morgan fingerprint density at radius 3 is 2.89 bits per heavy atom. The molecule has 5 rings (SSSR count). The molecule has 1 aromatic heterocycles. The third kappa shape index (κ3) is 2.95. The zero-order chi connectivity index (χ0) is 19.1. The van der Waals surface area contributed by atoms with E-state index in [2.05, 4.69) is 28.6 Å². The first-order valence-electron chi connectivity index (χ1n) is 9.32. The number of rotatable bonds is 4. The first kappa shape index (κ1) is 17.6. The highest BCUT2D eigenvalue weighted by molar-refractivity contribution is 7.12. The van der Waals surface area contributed by atoms with Crippen molar-refractivity contribution in [2.24, 2.45) is 5.10 Å². The van der Waals surface area contributed by atoms with Gasteiger partial charge in [-0.3, -0.25) is 0 Å². The summed E-state index contributed by atoms with van der Waals surface area (Å²) in [6.07, 6.45) is 0.485. The average Bonchev–Trinajstić information content (AvgIpc) is 3.38. The Morgan fingerprint density at radius 2 is 2.11 bits per heavy atom. The second-order valence-corrected chi connectivity index (χ2v) is 8.14. The van der Waals surface area contributed by atoms with Gasteiger partial charge in [-0.15, -0.1) is 11.3 Å². The van der Waals surface area contributed by atoms with Crippen molar-refractivity contribution in [2.75, 3.05) is 6.61 Å². The topological polar surface area (TPSA) is 34.1 Å². The highest BCUT2D eigenvalue weighted by Crippen LogP contribution is 2.51. The maximum atomic E-state index is 6.47. The molecule has 142 valence electrons. The van der Waals surface area contributed by atoms with Gasteiger partial charge in [-0.1, -0.05) is 41.9 Å². The number of benzene rings is 2. The Balaban J connectivity index is 1.63. The molecule has 0 bridgehead atoms. The van der Waals surface area contributed by atoms with Crippen LogP contribution in [0.5, 0.6) is 11.5 Å². The van der Waals surface area contributed by atoms with E-state index in [-0.39, 0.29) is 12.3 Å². The molecule has 0 amide bonds. The van der Waals surface area contributed by atoms with Gasteiger partial charge in [-0.2, -0.15) is 5.10 Å². The SMILES string of the molecule is CCOc1cccc2c1O[C@@H](c1cccc(Cl)c1)N1N=C(c3cccs3)C[C@H]21. The van der Waals surface area contributed by atoms with Gasteiger partial charge in [-0.05, 0) is 36.6 Å². The summed E-state index contributed by atoms with van der Waals surface area (Å²) in [6.45, 7) is 2.57. The molecule has 0 fully saturated rings. The maximum absolute atomic E-state index is 6.47. The molecular formula is C22H19ClN2O2S. The Hall–Kier alpha value is -2.50. The number of halogens is 1. The fourth-order valence-corrected chi connectivity index (χ4v) is 4.74. The van der Waals surface area contributed by atoms with Crippen LogP contribution in [0.2, 0.25) is 5.02 Å². The van der Waals surface area contributed by atoms with E-state index in [1.807, 2.05) is 43.3 Å². The van der Waals surface area contributed by atoms with Crippen LogP contribution in [0.4, 0.5) is 0 Å². The van der Waals surface area contributed by atoms with Crippen molar-refractivity contribution >= 4 is 28.6 Å². The van der Waals surface area contributed by atoms with E-state index in [0.29, 0.717) is 11.6 Å². The molecule has 3 heterocycles. The maximum Gasteiger partial charge on any atom is 0.214 e. The Kier molecular flexibility index (Phi) is 4.49. The zero-order valence-electron chi connectivity index (χ0n) is 15.3. The minimum atomic E-state index is -0.352. The number of hydrazone groups is 1. The predicted molar refractivity (Wildman–Crippen MR) is 112 cm³/mol.